The number of aromatic nitrogens is 1. The molecule has 1 atom stereocenters. The molecule has 1 fully saturated rings. The first-order valence-electron chi connectivity index (χ1n) is 10.9. The van der Waals surface area contributed by atoms with E-state index in [2.05, 4.69) is 10.3 Å². The summed E-state index contributed by atoms with van der Waals surface area (Å²) in [5.74, 6) is 0.124. The van der Waals surface area contributed by atoms with Crippen LogP contribution in [-0.4, -0.2) is 17.0 Å². The molecule has 1 N–H and O–H groups in total. The first kappa shape index (κ1) is 23.4. The fraction of sp³-hybridized carbons (Fsp3) is 0.360. The number of amides is 1. The Morgan fingerprint density at radius 1 is 1.09 bits per heavy atom. The maximum Gasteiger partial charge on any atom is 0.433 e. The number of ether oxygens (including phenoxy) is 1. The van der Waals surface area contributed by atoms with Gasteiger partial charge in [-0.2, -0.15) is 13.2 Å². The van der Waals surface area contributed by atoms with E-state index in [1.807, 2.05) is 6.92 Å². The molecule has 4 rings (SSSR count). The van der Waals surface area contributed by atoms with Gasteiger partial charge in [0.25, 0.3) is 0 Å². The zero-order valence-electron chi connectivity index (χ0n) is 18.0. The Morgan fingerprint density at radius 2 is 1.76 bits per heavy atom. The molecule has 1 heterocycles. The van der Waals surface area contributed by atoms with E-state index in [1.54, 1.807) is 48.5 Å². The molecule has 1 aliphatic carbocycles. The van der Waals surface area contributed by atoms with E-state index in [0.29, 0.717) is 28.9 Å². The van der Waals surface area contributed by atoms with Crippen LogP contribution in [0, 0.1) is 11.8 Å². The normalized spacial score (nSPS) is 19.8. The lowest BCUT2D eigenvalue weighted by atomic mass is 9.79. The van der Waals surface area contributed by atoms with Crippen LogP contribution >= 0.6 is 11.6 Å². The second-order valence-electron chi connectivity index (χ2n) is 8.46. The molecule has 2 aromatic carbocycles. The molecule has 1 aliphatic rings. The summed E-state index contributed by atoms with van der Waals surface area (Å²) >= 11 is 5.88. The first-order chi connectivity index (χ1) is 15.7. The van der Waals surface area contributed by atoms with Gasteiger partial charge >= 0.3 is 6.18 Å². The van der Waals surface area contributed by atoms with Crippen molar-refractivity contribution in [3.63, 3.8) is 0 Å². The Kier molecular flexibility index (Phi) is 6.79. The van der Waals surface area contributed by atoms with Crippen LogP contribution in [0.25, 0.3) is 10.9 Å². The summed E-state index contributed by atoms with van der Waals surface area (Å²) in [6, 6.07) is 14.6. The quantitative estimate of drug-likeness (QED) is 0.426. The van der Waals surface area contributed by atoms with Gasteiger partial charge in [-0.3, -0.25) is 4.79 Å². The molecule has 4 nitrogen and oxygen atoms in total. The number of benzene rings is 2. The zero-order chi connectivity index (χ0) is 23.6. The van der Waals surface area contributed by atoms with Crippen molar-refractivity contribution in [1.82, 2.24) is 4.98 Å². The predicted molar refractivity (Wildman–Crippen MR) is 122 cm³/mol. The minimum Gasteiger partial charge on any atom is -0.490 e. The Morgan fingerprint density at radius 3 is 2.42 bits per heavy atom. The van der Waals surface area contributed by atoms with Crippen molar-refractivity contribution in [3.05, 3.63) is 65.3 Å². The number of pyridine rings is 1. The number of fused-ring (bicyclic) bond motifs is 1. The van der Waals surface area contributed by atoms with Crippen molar-refractivity contribution in [3.8, 4) is 5.75 Å². The minimum absolute atomic E-state index is 0.0587. The second-order valence-corrected chi connectivity index (χ2v) is 8.90. The van der Waals surface area contributed by atoms with Crippen LogP contribution in [0.1, 0.15) is 38.3 Å². The monoisotopic (exact) mass is 476 g/mol. The van der Waals surface area contributed by atoms with Gasteiger partial charge in [0.2, 0.25) is 5.91 Å². The van der Waals surface area contributed by atoms with Gasteiger partial charge in [0.15, 0.2) is 0 Å². The van der Waals surface area contributed by atoms with Crippen LogP contribution in [-0.2, 0) is 11.0 Å². The summed E-state index contributed by atoms with van der Waals surface area (Å²) in [6.07, 6.45) is -1.90. The largest absolute Gasteiger partial charge is 0.490 e. The summed E-state index contributed by atoms with van der Waals surface area (Å²) < 4.78 is 46.0. The summed E-state index contributed by atoms with van der Waals surface area (Å²) in [4.78, 5) is 16.4. The number of nitrogens with one attached hydrogen (secondary N) is 1. The SMILES string of the molecule is CC(C(=O)Nc1ccc(Cl)cc1)[C@H]1CC[C@H](Oc2cc(C(F)(F)F)nc3ccccc23)CC1. The molecule has 1 amide bonds. The lowest BCUT2D eigenvalue weighted by molar-refractivity contribution is -0.141. The van der Waals surface area contributed by atoms with Crippen LogP contribution in [0.15, 0.2) is 54.6 Å². The average molecular weight is 477 g/mol. The van der Waals surface area contributed by atoms with Crippen LogP contribution in [0.4, 0.5) is 18.9 Å². The smallest absolute Gasteiger partial charge is 0.433 e. The predicted octanol–water partition coefficient (Wildman–Crippen LogP) is 7.12. The van der Waals surface area contributed by atoms with E-state index in [-0.39, 0.29) is 35.1 Å². The summed E-state index contributed by atoms with van der Waals surface area (Å²) in [5.41, 5.74) is -0.0146. The molecular formula is C25H24ClF3N2O2. The number of nitrogens with zero attached hydrogens (tertiary/aromatic N) is 1. The van der Waals surface area contributed by atoms with Gasteiger partial charge in [-0.15, -0.1) is 0 Å². The third-order valence-electron chi connectivity index (χ3n) is 6.21. The highest BCUT2D eigenvalue weighted by Crippen LogP contribution is 2.37. The van der Waals surface area contributed by atoms with Gasteiger partial charge in [-0.05, 0) is 68.0 Å². The molecule has 0 aliphatic heterocycles. The highest BCUT2D eigenvalue weighted by Gasteiger charge is 2.35. The Hall–Kier alpha value is -2.80. The lowest BCUT2D eigenvalue weighted by Gasteiger charge is -2.32. The Labute approximate surface area is 195 Å². The molecule has 8 heteroatoms. The van der Waals surface area contributed by atoms with Crippen molar-refractivity contribution in [2.24, 2.45) is 11.8 Å². The van der Waals surface area contributed by atoms with E-state index in [0.717, 1.165) is 18.9 Å². The number of alkyl halides is 3. The summed E-state index contributed by atoms with van der Waals surface area (Å²) in [6.45, 7) is 1.91. The molecular weight excluding hydrogens is 453 g/mol. The summed E-state index contributed by atoms with van der Waals surface area (Å²) in [7, 11) is 0. The maximum atomic E-state index is 13.3. The van der Waals surface area contributed by atoms with E-state index in [9.17, 15) is 18.0 Å². The number of carbonyl (C=O) groups excluding carboxylic acids is 1. The zero-order valence-corrected chi connectivity index (χ0v) is 18.8. The van der Waals surface area contributed by atoms with Crippen LogP contribution in [0.2, 0.25) is 5.02 Å². The van der Waals surface area contributed by atoms with Gasteiger partial charge in [0.05, 0.1) is 11.6 Å². The molecule has 1 unspecified atom stereocenters. The molecule has 1 aromatic heterocycles. The van der Waals surface area contributed by atoms with Crippen molar-refractivity contribution < 1.29 is 22.7 Å². The average Bonchev–Trinajstić information content (AvgIpc) is 2.80. The number of rotatable bonds is 5. The third-order valence-corrected chi connectivity index (χ3v) is 6.47. The van der Waals surface area contributed by atoms with Gasteiger partial charge < -0.3 is 10.1 Å². The molecule has 33 heavy (non-hydrogen) atoms. The fourth-order valence-electron chi connectivity index (χ4n) is 4.28. The molecule has 1 saturated carbocycles. The van der Waals surface area contributed by atoms with Crippen molar-refractivity contribution in [2.45, 2.75) is 44.9 Å². The number of halogens is 4. The molecule has 0 saturated heterocycles. The third kappa shape index (κ3) is 5.58. The van der Waals surface area contributed by atoms with Crippen LogP contribution in [0.5, 0.6) is 5.75 Å². The number of anilines is 1. The minimum atomic E-state index is -4.55. The number of para-hydroxylation sites is 1. The topological polar surface area (TPSA) is 51.2 Å². The van der Waals surface area contributed by atoms with Gasteiger partial charge in [-0.25, -0.2) is 4.98 Å². The molecule has 0 spiro atoms. The first-order valence-corrected chi connectivity index (χ1v) is 11.3. The van der Waals surface area contributed by atoms with Gasteiger partial charge in [0.1, 0.15) is 11.4 Å². The molecule has 0 bridgehead atoms. The number of hydrogen-bond donors (Lipinski definition) is 1. The highest BCUT2D eigenvalue weighted by molar-refractivity contribution is 6.30. The second kappa shape index (κ2) is 9.59. The van der Waals surface area contributed by atoms with E-state index >= 15 is 0 Å². The number of carbonyl (C=O) groups is 1. The van der Waals surface area contributed by atoms with Crippen LogP contribution in [0.3, 0.4) is 0 Å². The van der Waals surface area contributed by atoms with Crippen LogP contribution < -0.4 is 10.1 Å². The van der Waals surface area contributed by atoms with E-state index in [1.165, 1.54) is 0 Å². The van der Waals surface area contributed by atoms with Crippen molar-refractivity contribution in [2.75, 3.05) is 5.32 Å². The Balaban J connectivity index is 1.40. The maximum absolute atomic E-state index is 13.3. The highest BCUT2D eigenvalue weighted by atomic mass is 35.5. The number of hydrogen-bond acceptors (Lipinski definition) is 3. The molecule has 0 radical (unpaired) electrons. The summed E-state index contributed by atoms with van der Waals surface area (Å²) in [5, 5.41) is 4.07. The van der Waals surface area contributed by atoms with Gasteiger partial charge in [-0.1, -0.05) is 30.7 Å². The fourth-order valence-corrected chi connectivity index (χ4v) is 4.40. The standard InChI is InChI=1S/C25H24ClF3N2O2/c1-15(24(32)30-18-10-8-17(26)9-11-18)16-6-12-19(13-7-16)33-22-14-23(25(27,28)29)31-21-5-3-2-4-20(21)22/h2-5,8-11,14-16,19H,6-7,12-13H2,1H3,(H,30,32)/t15?,16-,19-. The Bertz CT molecular complexity index is 1130. The molecule has 174 valence electrons. The van der Waals surface area contributed by atoms with E-state index in [4.69, 9.17) is 16.3 Å². The van der Waals surface area contributed by atoms with Crippen molar-refractivity contribution in [1.29, 1.82) is 0 Å². The lowest BCUT2D eigenvalue weighted by Crippen LogP contribution is -2.32. The van der Waals surface area contributed by atoms with E-state index < -0.39 is 11.9 Å². The van der Waals surface area contributed by atoms with Gasteiger partial charge in [0, 0.05) is 28.1 Å². The molecule has 3 aromatic rings. The van der Waals surface area contributed by atoms with Crippen molar-refractivity contribution >= 4 is 34.1 Å².